The van der Waals surface area contributed by atoms with Crippen molar-refractivity contribution < 1.29 is 9.59 Å². The monoisotopic (exact) mass is 341 g/mol. The van der Waals surface area contributed by atoms with Crippen LogP contribution in [0.5, 0.6) is 0 Å². The van der Waals surface area contributed by atoms with E-state index in [0.29, 0.717) is 0 Å². The Hall–Kier alpha value is -1.88. The lowest BCUT2D eigenvalue weighted by Gasteiger charge is -2.36. The molecular weight excluding hydrogens is 314 g/mol. The minimum absolute atomic E-state index is 0.0346. The maximum absolute atomic E-state index is 12.9. The maximum atomic E-state index is 12.9. The van der Waals surface area contributed by atoms with Crippen LogP contribution in [0.15, 0.2) is 24.3 Å². The summed E-state index contributed by atoms with van der Waals surface area (Å²) < 4.78 is 0. The van der Waals surface area contributed by atoms with Gasteiger partial charge in [-0.1, -0.05) is 24.3 Å². The number of rotatable bonds is 3. The number of hydrogen-bond donors (Lipinski definition) is 0. The van der Waals surface area contributed by atoms with Gasteiger partial charge >= 0.3 is 6.03 Å². The molecule has 1 aromatic rings. The van der Waals surface area contributed by atoms with Crippen molar-refractivity contribution in [1.29, 1.82) is 0 Å². The van der Waals surface area contributed by atoms with Gasteiger partial charge in [0.1, 0.15) is 5.54 Å². The average Bonchev–Trinajstić information content (AvgIpc) is 3.08. The fourth-order valence-corrected chi connectivity index (χ4v) is 4.65. The molecule has 0 aromatic heterocycles. The first-order valence-corrected chi connectivity index (χ1v) is 9.43. The third kappa shape index (κ3) is 2.65. The minimum Gasteiger partial charge on any atom is -0.310 e. The highest BCUT2D eigenvalue weighted by atomic mass is 16.2. The number of carbonyl (C=O) groups is 2. The molecule has 3 heterocycles. The molecule has 3 amide bonds. The first-order chi connectivity index (χ1) is 12.0. The fraction of sp³-hybridized carbons (Fsp3) is 0.600. The highest BCUT2D eigenvalue weighted by Crippen LogP contribution is 2.39. The van der Waals surface area contributed by atoms with E-state index in [2.05, 4.69) is 36.1 Å². The van der Waals surface area contributed by atoms with Gasteiger partial charge in [0.15, 0.2) is 0 Å². The number of amides is 3. The van der Waals surface area contributed by atoms with Gasteiger partial charge in [-0.15, -0.1) is 0 Å². The van der Waals surface area contributed by atoms with Crippen LogP contribution in [0.2, 0.25) is 0 Å². The molecule has 5 heteroatoms. The molecule has 25 heavy (non-hydrogen) atoms. The van der Waals surface area contributed by atoms with Crippen LogP contribution in [0.3, 0.4) is 0 Å². The molecule has 134 valence electrons. The number of benzene rings is 1. The van der Waals surface area contributed by atoms with Gasteiger partial charge < -0.3 is 4.90 Å². The van der Waals surface area contributed by atoms with Crippen molar-refractivity contribution in [3.8, 4) is 0 Å². The molecule has 0 N–H and O–H groups in total. The number of carbonyl (C=O) groups excluding carboxylic acids is 2. The van der Waals surface area contributed by atoms with E-state index in [4.69, 9.17) is 0 Å². The van der Waals surface area contributed by atoms with Crippen LogP contribution in [0, 0.1) is 6.92 Å². The Morgan fingerprint density at radius 2 is 1.84 bits per heavy atom. The quantitative estimate of drug-likeness (QED) is 0.794. The van der Waals surface area contributed by atoms with Gasteiger partial charge in [0, 0.05) is 32.2 Å². The van der Waals surface area contributed by atoms with Crippen molar-refractivity contribution in [1.82, 2.24) is 14.7 Å². The number of fused-ring (bicyclic) bond motifs is 1. The third-order valence-corrected chi connectivity index (χ3v) is 6.34. The molecule has 5 nitrogen and oxygen atoms in total. The number of likely N-dealkylation sites (tertiary alicyclic amines) is 1. The third-order valence-electron chi connectivity index (χ3n) is 6.34. The summed E-state index contributed by atoms with van der Waals surface area (Å²) in [6.45, 7) is 7.64. The highest BCUT2D eigenvalue weighted by Gasteiger charge is 2.57. The average molecular weight is 341 g/mol. The summed E-state index contributed by atoms with van der Waals surface area (Å²) in [4.78, 5) is 31.4. The van der Waals surface area contributed by atoms with Crippen LogP contribution in [0.25, 0.3) is 0 Å². The summed E-state index contributed by atoms with van der Waals surface area (Å²) in [5.41, 5.74) is 2.11. The Labute approximate surface area is 149 Å². The van der Waals surface area contributed by atoms with Crippen molar-refractivity contribution in [3.05, 3.63) is 35.4 Å². The first-order valence-electron chi connectivity index (χ1n) is 9.43. The van der Waals surface area contributed by atoms with Gasteiger partial charge in [0.25, 0.3) is 5.91 Å². The van der Waals surface area contributed by atoms with Crippen molar-refractivity contribution in [2.75, 3.05) is 19.6 Å². The SMILES string of the molecule is Cc1ccccc1CN1CCC(N2C(=O)N3CCC[C@@]3(C)C2=O)CC1. The van der Waals surface area contributed by atoms with Crippen LogP contribution < -0.4 is 0 Å². The second-order valence-electron chi connectivity index (χ2n) is 7.92. The molecular formula is C20H27N3O2. The molecule has 4 rings (SSSR count). The Kier molecular flexibility index (Phi) is 4.07. The number of aryl methyl sites for hydroxylation is 1. The lowest BCUT2D eigenvalue weighted by Crippen LogP contribution is -2.48. The van der Waals surface area contributed by atoms with Gasteiger partial charge in [-0.3, -0.25) is 14.6 Å². The minimum atomic E-state index is -0.574. The predicted octanol–water partition coefficient (Wildman–Crippen LogP) is 2.78. The van der Waals surface area contributed by atoms with E-state index in [9.17, 15) is 9.59 Å². The summed E-state index contributed by atoms with van der Waals surface area (Å²) in [5, 5.41) is 0. The van der Waals surface area contributed by atoms with Crippen LogP contribution in [-0.4, -0.2) is 57.9 Å². The van der Waals surface area contributed by atoms with Crippen molar-refractivity contribution in [3.63, 3.8) is 0 Å². The largest absolute Gasteiger partial charge is 0.327 e. The summed E-state index contributed by atoms with van der Waals surface area (Å²) in [6, 6.07) is 8.51. The normalized spacial score (nSPS) is 28.1. The van der Waals surface area contributed by atoms with E-state index in [1.807, 2.05) is 6.92 Å². The Balaban J connectivity index is 1.40. The molecule has 1 aromatic carbocycles. The number of nitrogens with zero attached hydrogens (tertiary/aromatic N) is 3. The van der Waals surface area contributed by atoms with Crippen LogP contribution in [0.4, 0.5) is 4.79 Å². The van der Waals surface area contributed by atoms with Crippen molar-refractivity contribution in [2.24, 2.45) is 0 Å². The number of hydrogen-bond acceptors (Lipinski definition) is 3. The molecule has 0 aliphatic carbocycles. The van der Waals surface area contributed by atoms with Crippen LogP contribution in [0.1, 0.15) is 43.7 Å². The number of urea groups is 1. The molecule has 3 aliphatic heterocycles. The standard InChI is InChI=1S/C20H27N3O2/c1-15-6-3-4-7-16(15)14-21-12-8-17(9-13-21)23-18(24)20(2)10-5-11-22(20)19(23)25/h3-4,6-7,17H,5,8-14H2,1-2H3/t20-/m0/s1. The van der Waals surface area contributed by atoms with Crippen molar-refractivity contribution in [2.45, 2.75) is 57.7 Å². The summed E-state index contributed by atoms with van der Waals surface area (Å²) in [7, 11) is 0. The first kappa shape index (κ1) is 16.6. The lowest BCUT2D eigenvalue weighted by molar-refractivity contribution is -0.134. The summed E-state index contributed by atoms with van der Waals surface area (Å²) >= 11 is 0. The van der Waals surface area contributed by atoms with Gasteiger partial charge in [0.05, 0.1) is 0 Å². The number of imide groups is 1. The predicted molar refractivity (Wildman–Crippen MR) is 96.1 cm³/mol. The van der Waals surface area contributed by atoms with E-state index >= 15 is 0 Å². The Bertz CT molecular complexity index is 696. The maximum Gasteiger partial charge on any atom is 0.327 e. The second-order valence-corrected chi connectivity index (χ2v) is 7.92. The Morgan fingerprint density at radius 3 is 2.52 bits per heavy atom. The molecule has 3 aliphatic rings. The molecule has 0 unspecified atom stereocenters. The molecule has 0 saturated carbocycles. The van der Waals surface area contributed by atoms with E-state index in [-0.39, 0.29) is 18.0 Å². The Morgan fingerprint density at radius 1 is 1.12 bits per heavy atom. The molecule has 3 fully saturated rings. The lowest BCUT2D eigenvalue weighted by atomic mass is 9.97. The van der Waals surface area contributed by atoms with E-state index in [1.165, 1.54) is 11.1 Å². The highest BCUT2D eigenvalue weighted by molar-refractivity contribution is 6.07. The topological polar surface area (TPSA) is 43.9 Å². The van der Waals surface area contributed by atoms with Gasteiger partial charge in [-0.05, 0) is 50.7 Å². The fourth-order valence-electron chi connectivity index (χ4n) is 4.65. The smallest absolute Gasteiger partial charge is 0.310 e. The second kappa shape index (κ2) is 6.13. The molecule has 0 bridgehead atoms. The van der Waals surface area contributed by atoms with E-state index < -0.39 is 5.54 Å². The van der Waals surface area contributed by atoms with Crippen LogP contribution >= 0.6 is 0 Å². The van der Waals surface area contributed by atoms with E-state index in [0.717, 1.165) is 51.9 Å². The number of piperidine rings is 1. The zero-order chi connectivity index (χ0) is 17.6. The summed E-state index contributed by atoms with van der Waals surface area (Å²) in [6.07, 6.45) is 3.51. The summed E-state index contributed by atoms with van der Waals surface area (Å²) in [5.74, 6) is 0.0346. The molecule has 3 saturated heterocycles. The molecule has 0 spiro atoms. The van der Waals surface area contributed by atoms with Gasteiger partial charge in [-0.25, -0.2) is 4.79 Å². The van der Waals surface area contributed by atoms with Crippen LogP contribution in [-0.2, 0) is 11.3 Å². The van der Waals surface area contributed by atoms with Gasteiger partial charge in [0.2, 0.25) is 0 Å². The zero-order valence-electron chi connectivity index (χ0n) is 15.2. The van der Waals surface area contributed by atoms with E-state index in [1.54, 1.807) is 9.80 Å². The van der Waals surface area contributed by atoms with Crippen molar-refractivity contribution >= 4 is 11.9 Å². The molecule has 0 radical (unpaired) electrons. The van der Waals surface area contributed by atoms with Gasteiger partial charge in [-0.2, -0.15) is 0 Å². The molecule has 1 atom stereocenters. The zero-order valence-corrected chi connectivity index (χ0v) is 15.2.